The number of ether oxygens (including phenoxy) is 3. The smallest absolute Gasteiger partial charge is 0.314 e. The summed E-state index contributed by atoms with van der Waals surface area (Å²) in [5, 5.41) is 0. The zero-order valence-corrected chi connectivity index (χ0v) is 8.49. The average molecular weight is 188 g/mol. The molecule has 13 heavy (non-hydrogen) atoms. The molecular weight excluding hydrogens is 172 g/mol. The number of esters is 1. The predicted octanol–water partition coefficient (Wildman–Crippen LogP) is 0.804. The summed E-state index contributed by atoms with van der Waals surface area (Å²) in [4.78, 5) is 11.4. The number of rotatable bonds is 4. The highest BCUT2D eigenvalue weighted by molar-refractivity contribution is 5.78. The van der Waals surface area contributed by atoms with Crippen LogP contribution in [0, 0.1) is 11.8 Å². The van der Waals surface area contributed by atoms with Crippen molar-refractivity contribution in [2.45, 2.75) is 19.6 Å². The van der Waals surface area contributed by atoms with Crippen molar-refractivity contribution in [3.63, 3.8) is 0 Å². The average Bonchev–Trinajstić information content (AvgIpc) is 2.72. The van der Waals surface area contributed by atoms with Gasteiger partial charge in [0.2, 0.25) is 0 Å². The third-order valence-corrected chi connectivity index (χ3v) is 2.64. The van der Waals surface area contributed by atoms with Gasteiger partial charge in [0, 0.05) is 20.1 Å². The fourth-order valence-electron chi connectivity index (χ4n) is 1.81. The molecule has 0 unspecified atom stereocenters. The first-order valence-corrected chi connectivity index (χ1v) is 4.41. The van der Waals surface area contributed by atoms with E-state index in [9.17, 15) is 4.79 Å². The molecule has 4 nitrogen and oxygen atoms in total. The Bertz CT molecular complexity index is 198. The van der Waals surface area contributed by atoms with Crippen LogP contribution in [-0.2, 0) is 19.0 Å². The summed E-state index contributed by atoms with van der Waals surface area (Å²) >= 11 is 0. The van der Waals surface area contributed by atoms with Crippen LogP contribution >= 0.6 is 0 Å². The molecule has 4 heteroatoms. The minimum absolute atomic E-state index is 0.0709. The van der Waals surface area contributed by atoms with Crippen LogP contribution in [0.25, 0.3) is 0 Å². The van der Waals surface area contributed by atoms with E-state index in [-0.39, 0.29) is 17.8 Å². The summed E-state index contributed by atoms with van der Waals surface area (Å²) in [7, 11) is 3.08. The molecule has 0 amide bonds. The van der Waals surface area contributed by atoms with Crippen LogP contribution < -0.4 is 0 Å². The molecule has 0 radical (unpaired) electrons. The normalized spacial score (nSPS) is 29.8. The van der Waals surface area contributed by atoms with Gasteiger partial charge in [-0.2, -0.15) is 0 Å². The predicted molar refractivity (Wildman–Crippen MR) is 46.0 cm³/mol. The molecular formula is C9H16O4. The number of carbonyl (C=O) groups excluding carboxylic acids is 1. The summed E-state index contributed by atoms with van der Waals surface area (Å²) in [5.74, 6) is -1.19. The van der Waals surface area contributed by atoms with Gasteiger partial charge < -0.3 is 14.2 Å². The second-order valence-electron chi connectivity index (χ2n) is 3.15. The van der Waals surface area contributed by atoms with Crippen molar-refractivity contribution in [3.8, 4) is 0 Å². The molecule has 1 rings (SSSR count). The first kappa shape index (κ1) is 10.5. The first-order chi connectivity index (χ1) is 6.14. The maximum atomic E-state index is 11.4. The van der Waals surface area contributed by atoms with Crippen LogP contribution in [0.1, 0.15) is 13.8 Å². The highest BCUT2D eigenvalue weighted by atomic mass is 16.7. The van der Waals surface area contributed by atoms with E-state index in [0.29, 0.717) is 6.61 Å². The lowest BCUT2D eigenvalue weighted by atomic mass is 10.3. The van der Waals surface area contributed by atoms with Crippen molar-refractivity contribution in [3.05, 3.63) is 0 Å². The topological polar surface area (TPSA) is 44.8 Å². The fraction of sp³-hybridized carbons (Fsp3) is 0.889. The molecule has 0 aromatic carbocycles. The molecule has 0 spiro atoms. The van der Waals surface area contributed by atoms with Gasteiger partial charge in [0.1, 0.15) is 5.92 Å². The number of hydrogen-bond donors (Lipinski definition) is 0. The van der Waals surface area contributed by atoms with Gasteiger partial charge in [-0.25, -0.2) is 0 Å². The van der Waals surface area contributed by atoms with Crippen molar-refractivity contribution in [2.24, 2.45) is 11.8 Å². The highest BCUT2D eigenvalue weighted by Crippen LogP contribution is 2.53. The molecule has 0 aliphatic heterocycles. The van der Waals surface area contributed by atoms with Crippen LogP contribution in [0.3, 0.4) is 0 Å². The molecule has 0 aromatic heterocycles. The third kappa shape index (κ3) is 1.44. The third-order valence-electron chi connectivity index (χ3n) is 2.64. The molecule has 1 fully saturated rings. The minimum Gasteiger partial charge on any atom is -0.466 e. The van der Waals surface area contributed by atoms with Gasteiger partial charge in [-0.3, -0.25) is 4.79 Å². The first-order valence-electron chi connectivity index (χ1n) is 4.41. The largest absolute Gasteiger partial charge is 0.466 e. The highest BCUT2D eigenvalue weighted by Gasteiger charge is 2.69. The molecule has 0 N–H and O–H groups in total. The Labute approximate surface area is 78.2 Å². The van der Waals surface area contributed by atoms with Crippen molar-refractivity contribution in [1.29, 1.82) is 0 Å². The molecule has 1 aliphatic carbocycles. The fourth-order valence-corrected chi connectivity index (χ4v) is 1.81. The van der Waals surface area contributed by atoms with E-state index >= 15 is 0 Å². The molecule has 2 atom stereocenters. The van der Waals surface area contributed by atoms with Gasteiger partial charge in [-0.15, -0.1) is 0 Å². The Morgan fingerprint density at radius 2 is 1.92 bits per heavy atom. The molecule has 1 aliphatic rings. The molecule has 0 bridgehead atoms. The van der Waals surface area contributed by atoms with Gasteiger partial charge in [0.05, 0.1) is 6.61 Å². The Morgan fingerprint density at radius 1 is 1.38 bits per heavy atom. The van der Waals surface area contributed by atoms with E-state index in [1.165, 1.54) is 0 Å². The van der Waals surface area contributed by atoms with Gasteiger partial charge in [-0.05, 0) is 6.92 Å². The monoisotopic (exact) mass is 188 g/mol. The lowest BCUT2D eigenvalue weighted by molar-refractivity contribution is -0.167. The maximum absolute atomic E-state index is 11.4. The Morgan fingerprint density at radius 3 is 2.23 bits per heavy atom. The van der Waals surface area contributed by atoms with E-state index in [1.54, 1.807) is 21.1 Å². The van der Waals surface area contributed by atoms with Crippen molar-refractivity contribution >= 4 is 5.97 Å². The summed E-state index contributed by atoms with van der Waals surface area (Å²) < 4.78 is 15.2. The summed E-state index contributed by atoms with van der Waals surface area (Å²) in [5.41, 5.74) is 0. The number of carbonyl (C=O) groups is 1. The lowest BCUT2D eigenvalue weighted by Gasteiger charge is -2.13. The summed E-state index contributed by atoms with van der Waals surface area (Å²) in [6, 6.07) is 0. The molecule has 0 heterocycles. The van der Waals surface area contributed by atoms with Crippen LogP contribution in [0.2, 0.25) is 0 Å². The Kier molecular flexibility index (Phi) is 2.93. The van der Waals surface area contributed by atoms with Crippen LogP contribution in [0.15, 0.2) is 0 Å². The number of methoxy groups -OCH3 is 2. The van der Waals surface area contributed by atoms with Gasteiger partial charge in [0.25, 0.3) is 0 Å². The van der Waals surface area contributed by atoms with E-state index in [4.69, 9.17) is 14.2 Å². The van der Waals surface area contributed by atoms with Gasteiger partial charge >= 0.3 is 5.97 Å². The second-order valence-corrected chi connectivity index (χ2v) is 3.15. The van der Waals surface area contributed by atoms with Crippen molar-refractivity contribution in [2.75, 3.05) is 20.8 Å². The summed E-state index contributed by atoms with van der Waals surface area (Å²) in [6.07, 6.45) is 0. The molecule has 1 saturated carbocycles. The van der Waals surface area contributed by atoms with Crippen LogP contribution in [0.5, 0.6) is 0 Å². The molecule has 0 saturated heterocycles. The second kappa shape index (κ2) is 3.64. The Balaban J connectivity index is 2.60. The van der Waals surface area contributed by atoms with Gasteiger partial charge in [0.15, 0.2) is 5.79 Å². The van der Waals surface area contributed by atoms with E-state index in [0.717, 1.165) is 0 Å². The van der Waals surface area contributed by atoms with E-state index in [2.05, 4.69) is 0 Å². The zero-order chi connectivity index (χ0) is 10.1. The zero-order valence-electron chi connectivity index (χ0n) is 8.49. The van der Waals surface area contributed by atoms with E-state index < -0.39 is 5.79 Å². The lowest BCUT2D eigenvalue weighted by Crippen LogP contribution is -2.23. The van der Waals surface area contributed by atoms with Crippen molar-refractivity contribution < 1.29 is 19.0 Å². The quantitative estimate of drug-likeness (QED) is 0.483. The minimum atomic E-state index is -0.744. The van der Waals surface area contributed by atoms with Crippen LogP contribution in [-0.4, -0.2) is 32.6 Å². The van der Waals surface area contributed by atoms with E-state index in [1.807, 2.05) is 6.92 Å². The maximum Gasteiger partial charge on any atom is 0.314 e. The van der Waals surface area contributed by atoms with Crippen LogP contribution in [0.4, 0.5) is 0 Å². The number of hydrogen-bond acceptors (Lipinski definition) is 4. The molecule has 0 aromatic rings. The standard InChI is InChI=1S/C9H16O4/c1-5-13-8(10)7-6(2)9(7,11-3)12-4/h6-7H,5H2,1-4H3/t6-,7+/m0/s1. The van der Waals surface area contributed by atoms with Crippen molar-refractivity contribution in [1.82, 2.24) is 0 Å². The summed E-state index contributed by atoms with van der Waals surface area (Å²) in [6.45, 7) is 4.09. The Hall–Kier alpha value is -0.610. The van der Waals surface area contributed by atoms with Gasteiger partial charge in [-0.1, -0.05) is 6.92 Å². The molecule has 76 valence electrons. The SMILES string of the molecule is CCOC(=O)[C@H]1[C@H](C)C1(OC)OC.